The van der Waals surface area contributed by atoms with E-state index in [-0.39, 0.29) is 19.0 Å². The molecule has 1 fully saturated rings. The first-order valence-electron chi connectivity index (χ1n) is 3.57. The van der Waals surface area contributed by atoms with E-state index in [0.29, 0.717) is 6.42 Å². The second-order valence-electron chi connectivity index (χ2n) is 2.77. The van der Waals surface area contributed by atoms with Crippen LogP contribution in [-0.2, 0) is 0 Å². The molecule has 2 nitrogen and oxygen atoms in total. The van der Waals surface area contributed by atoms with E-state index in [1.807, 2.05) is 0 Å². The van der Waals surface area contributed by atoms with Crippen molar-refractivity contribution in [3.05, 3.63) is 0 Å². The Balaban J connectivity index is 2.42. The Kier molecular flexibility index (Phi) is 2.39. The van der Waals surface area contributed by atoms with Gasteiger partial charge in [-0.3, -0.25) is 0 Å². The first-order chi connectivity index (χ1) is 5.04. The molecule has 1 heterocycles. The minimum absolute atomic E-state index is 0.151. The molecular weight excluding hydrogens is 157 g/mol. The van der Waals surface area contributed by atoms with E-state index >= 15 is 0 Å². The van der Waals surface area contributed by atoms with E-state index in [1.165, 1.54) is 0 Å². The number of alkyl halides is 3. The molecule has 0 aromatic rings. The van der Waals surface area contributed by atoms with Crippen molar-refractivity contribution in [2.45, 2.75) is 31.1 Å². The van der Waals surface area contributed by atoms with Crippen LogP contribution in [0.15, 0.2) is 0 Å². The summed E-state index contributed by atoms with van der Waals surface area (Å²) in [6.07, 6.45) is -3.42. The van der Waals surface area contributed by atoms with Gasteiger partial charge in [-0.05, 0) is 12.8 Å². The predicted octanol–water partition coefficient (Wildman–Crippen LogP) is 0.628. The van der Waals surface area contributed by atoms with Crippen molar-refractivity contribution in [1.82, 2.24) is 5.32 Å². The van der Waals surface area contributed by atoms with Crippen LogP contribution in [0, 0.1) is 0 Å². The highest BCUT2D eigenvalue weighted by atomic mass is 19.4. The van der Waals surface area contributed by atoms with Gasteiger partial charge in [-0.15, -0.1) is 0 Å². The number of nitrogens with one attached hydrogen (secondary N) is 1. The lowest BCUT2D eigenvalue weighted by Gasteiger charge is -2.15. The maximum Gasteiger partial charge on any atom is 0.403 e. The molecule has 11 heavy (non-hydrogen) atoms. The smallest absolute Gasteiger partial charge is 0.329 e. The second-order valence-corrected chi connectivity index (χ2v) is 2.77. The number of hydrogen-bond donors (Lipinski definition) is 2. The summed E-state index contributed by atoms with van der Waals surface area (Å²) in [6.45, 7) is 0.284. The lowest BCUT2D eigenvalue weighted by molar-refractivity contribution is -0.152. The highest BCUT2D eigenvalue weighted by Crippen LogP contribution is 2.27. The Labute approximate surface area is 62.9 Å². The molecule has 3 N–H and O–H groups in total. The molecule has 0 aliphatic carbocycles. The molecule has 1 saturated heterocycles. The van der Waals surface area contributed by atoms with Gasteiger partial charge in [0.2, 0.25) is 0 Å². The summed E-state index contributed by atoms with van der Waals surface area (Å²) in [6, 6.07) is -1.49. The Morgan fingerprint density at radius 1 is 1.36 bits per heavy atom. The zero-order chi connectivity index (χ0) is 8.48. The van der Waals surface area contributed by atoms with Crippen LogP contribution in [0.1, 0.15) is 12.8 Å². The minimum atomic E-state index is -4.11. The zero-order valence-corrected chi connectivity index (χ0v) is 5.99. The monoisotopic (exact) mass is 168 g/mol. The van der Waals surface area contributed by atoms with Gasteiger partial charge in [0.05, 0.1) is 0 Å². The number of nitrogens with two attached hydrogens (primary N) is 1. The summed E-state index contributed by atoms with van der Waals surface area (Å²) in [4.78, 5) is 0. The van der Waals surface area contributed by atoms with Crippen molar-refractivity contribution in [3.8, 4) is 0 Å². The number of hydrogen-bond acceptors (Lipinski definition) is 2. The van der Waals surface area contributed by atoms with Crippen molar-refractivity contribution in [1.29, 1.82) is 0 Å². The first kappa shape index (κ1) is 8.80. The van der Waals surface area contributed by atoms with Crippen LogP contribution in [-0.4, -0.2) is 24.8 Å². The van der Waals surface area contributed by atoms with Gasteiger partial charge in [-0.25, -0.2) is 0 Å². The van der Waals surface area contributed by atoms with E-state index < -0.39 is 12.2 Å². The van der Waals surface area contributed by atoms with Crippen LogP contribution in [0.2, 0.25) is 0 Å². The largest absolute Gasteiger partial charge is 0.403 e. The van der Waals surface area contributed by atoms with Gasteiger partial charge in [0, 0.05) is 12.6 Å². The Bertz CT molecular complexity index is 134. The summed E-state index contributed by atoms with van der Waals surface area (Å²) in [5.41, 5.74) is 5.21. The summed E-state index contributed by atoms with van der Waals surface area (Å²) in [7, 11) is 0. The molecular formula is C6H11F3N2. The molecule has 0 amide bonds. The summed E-state index contributed by atoms with van der Waals surface area (Å²) in [5, 5.41) is 2.43. The summed E-state index contributed by atoms with van der Waals surface area (Å²) in [5.74, 6) is 0. The molecule has 0 radical (unpaired) electrons. The molecule has 5 heteroatoms. The van der Waals surface area contributed by atoms with Gasteiger partial charge in [0.15, 0.2) is 0 Å². The fourth-order valence-corrected chi connectivity index (χ4v) is 1.26. The third kappa shape index (κ3) is 2.07. The Morgan fingerprint density at radius 3 is 2.27 bits per heavy atom. The average molecular weight is 168 g/mol. The van der Waals surface area contributed by atoms with Crippen LogP contribution < -0.4 is 11.1 Å². The topological polar surface area (TPSA) is 38.0 Å². The lowest BCUT2D eigenvalue weighted by atomic mass is 10.2. The second kappa shape index (κ2) is 2.98. The quantitative estimate of drug-likeness (QED) is 0.602. The van der Waals surface area contributed by atoms with Gasteiger partial charge < -0.3 is 11.1 Å². The molecule has 66 valence electrons. The van der Waals surface area contributed by atoms with Gasteiger partial charge in [0.25, 0.3) is 0 Å². The van der Waals surface area contributed by atoms with Crippen LogP contribution in [0.5, 0.6) is 0 Å². The number of rotatable bonds is 1. The van der Waals surface area contributed by atoms with Crippen molar-refractivity contribution in [2.75, 3.05) is 6.54 Å². The van der Waals surface area contributed by atoms with Crippen LogP contribution in [0.4, 0.5) is 13.2 Å². The van der Waals surface area contributed by atoms with Crippen LogP contribution >= 0.6 is 0 Å². The third-order valence-electron chi connectivity index (χ3n) is 1.92. The van der Waals surface area contributed by atoms with Crippen molar-refractivity contribution < 1.29 is 13.2 Å². The Morgan fingerprint density at radius 2 is 2.00 bits per heavy atom. The van der Waals surface area contributed by atoms with E-state index in [0.717, 1.165) is 0 Å². The minimum Gasteiger partial charge on any atom is -0.329 e. The van der Waals surface area contributed by atoms with Gasteiger partial charge in [-0.2, -0.15) is 13.2 Å². The standard InChI is InChI=1S/C6H11F3N2/c7-6(8,9)5-2-1-4(3-10)11-5/h4-5,11H,1-3,10H2/t4-,5-/m1/s1. The van der Waals surface area contributed by atoms with E-state index in [2.05, 4.69) is 5.32 Å². The molecule has 0 bridgehead atoms. The fourth-order valence-electron chi connectivity index (χ4n) is 1.26. The fraction of sp³-hybridized carbons (Fsp3) is 1.00. The van der Waals surface area contributed by atoms with Crippen molar-refractivity contribution in [2.24, 2.45) is 5.73 Å². The van der Waals surface area contributed by atoms with E-state index in [1.54, 1.807) is 0 Å². The lowest BCUT2D eigenvalue weighted by Crippen LogP contribution is -2.42. The van der Waals surface area contributed by atoms with E-state index in [4.69, 9.17) is 5.73 Å². The summed E-state index contributed by atoms with van der Waals surface area (Å²) < 4.78 is 35.9. The SMILES string of the molecule is NC[C@H]1CC[C@H](C(F)(F)F)N1. The molecule has 1 aliphatic rings. The molecule has 0 aromatic carbocycles. The van der Waals surface area contributed by atoms with Crippen LogP contribution in [0.3, 0.4) is 0 Å². The first-order valence-corrected chi connectivity index (χ1v) is 3.57. The average Bonchev–Trinajstić information content (AvgIpc) is 2.32. The van der Waals surface area contributed by atoms with Gasteiger partial charge in [-0.1, -0.05) is 0 Å². The van der Waals surface area contributed by atoms with E-state index in [9.17, 15) is 13.2 Å². The molecule has 1 aliphatic heterocycles. The maximum atomic E-state index is 12.0. The zero-order valence-electron chi connectivity index (χ0n) is 5.99. The molecule has 0 unspecified atom stereocenters. The molecule has 0 saturated carbocycles. The highest BCUT2D eigenvalue weighted by Gasteiger charge is 2.43. The van der Waals surface area contributed by atoms with Crippen molar-refractivity contribution >= 4 is 0 Å². The molecule has 1 rings (SSSR count). The Hall–Kier alpha value is -0.290. The highest BCUT2D eigenvalue weighted by molar-refractivity contribution is 4.88. The summed E-state index contributed by atoms with van der Waals surface area (Å²) >= 11 is 0. The predicted molar refractivity (Wildman–Crippen MR) is 35.1 cm³/mol. The molecule has 2 atom stereocenters. The molecule has 0 spiro atoms. The normalized spacial score (nSPS) is 32.7. The number of halogens is 3. The van der Waals surface area contributed by atoms with Gasteiger partial charge in [0.1, 0.15) is 6.04 Å². The molecule has 0 aromatic heterocycles. The van der Waals surface area contributed by atoms with Crippen molar-refractivity contribution in [3.63, 3.8) is 0 Å². The third-order valence-corrected chi connectivity index (χ3v) is 1.92. The van der Waals surface area contributed by atoms with Gasteiger partial charge >= 0.3 is 6.18 Å². The maximum absolute atomic E-state index is 12.0. The van der Waals surface area contributed by atoms with Crippen LogP contribution in [0.25, 0.3) is 0 Å².